The summed E-state index contributed by atoms with van der Waals surface area (Å²) >= 11 is 0. The van der Waals surface area contributed by atoms with Crippen LogP contribution in [0.15, 0.2) is 30.6 Å². The first-order valence-electron chi connectivity index (χ1n) is 6.35. The molecule has 1 N–H and O–H groups in total. The van der Waals surface area contributed by atoms with Gasteiger partial charge in [0.05, 0.1) is 6.07 Å². The van der Waals surface area contributed by atoms with Crippen LogP contribution in [0.4, 0.5) is 17.3 Å². The van der Waals surface area contributed by atoms with Crippen LogP contribution in [0.3, 0.4) is 0 Å². The van der Waals surface area contributed by atoms with E-state index in [4.69, 9.17) is 5.26 Å². The Hall–Kier alpha value is -2.61. The zero-order valence-corrected chi connectivity index (χ0v) is 11.9. The number of aryl methyl sites for hydroxylation is 2. The van der Waals surface area contributed by atoms with Crippen LogP contribution in [-0.4, -0.2) is 23.6 Å². The Morgan fingerprint density at radius 1 is 1.25 bits per heavy atom. The van der Waals surface area contributed by atoms with E-state index in [0.29, 0.717) is 6.54 Å². The van der Waals surface area contributed by atoms with Crippen molar-refractivity contribution < 1.29 is 0 Å². The van der Waals surface area contributed by atoms with Crippen LogP contribution in [0.1, 0.15) is 11.1 Å². The summed E-state index contributed by atoms with van der Waals surface area (Å²) in [6.07, 6.45) is 1.50. The standard InChI is InChI=1S/C15H17N5/c1-11-5-4-6-12(2)15(11)19-13-9-14(18-10-17-13)20(3)8-7-16/h4-6,9-10H,8H2,1-3H3,(H,17,18,19). The Kier molecular flexibility index (Phi) is 4.16. The molecule has 0 fully saturated rings. The normalized spacial score (nSPS) is 9.90. The van der Waals surface area contributed by atoms with Crippen molar-refractivity contribution in [1.29, 1.82) is 5.26 Å². The Balaban J connectivity index is 2.27. The lowest BCUT2D eigenvalue weighted by Gasteiger charge is -2.16. The van der Waals surface area contributed by atoms with Crippen molar-refractivity contribution in [2.45, 2.75) is 13.8 Å². The molecule has 0 unspecified atom stereocenters. The van der Waals surface area contributed by atoms with Crippen LogP contribution in [-0.2, 0) is 0 Å². The molecule has 0 amide bonds. The molecule has 1 aromatic heterocycles. The van der Waals surface area contributed by atoms with Gasteiger partial charge < -0.3 is 10.2 Å². The van der Waals surface area contributed by atoms with Crippen molar-refractivity contribution in [3.8, 4) is 6.07 Å². The van der Waals surface area contributed by atoms with Crippen molar-refractivity contribution in [3.63, 3.8) is 0 Å². The average molecular weight is 267 g/mol. The zero-order chi connectivity index (χ0) is 14.5. The van der Waals surface area contributed by atoms with E-state index in [-0.39, 0.29) is 0 Å². The number of rotatable bonds is 4. The maximum Gasteiger partial charge on any atom is 0.135 e. The van der Waals surface area contributed by atoms with Gasteiger partial charge in [-0.25, -0.2) is 9.97 Å². The average Bonchev–Trinajstić information content (AvgIpc) is 2.44. The number of aromatic nitrogens is 2. The van der Waals surface area contributed by atoms with Gasteiger partial charge in [0, 0.05) is 18.8 Å². The Morgan fingerprint density at radius 2 is 1.95 bits per heavy atom. The highest BCUT2D eigenvalue weighted by Gasteiger charge is 2.06. The summed E-state index contributed by atoms with van der Waals surface area (Å²) in [4.78, 5) is 10.2. The van der Waals surface area contributed by atoms with Gasteiger partial charge in [0.2, 0.25) is 0 Å². The third-order valence-electron chi connectivity index (χ3n) is 3.09. The molecule has 2 aromatic rings. The topological polar surface area (TPSA) is 64.8 Å². The van der Waals surface area contributed by atoms with Crippen LogP contribution in [0, 0.1) is 25.2 Å². The van der Waals surface area contributed by atoms with Crippen molar-refractivity contribution in [3.05, 3.63) is 41.7 Å². The molecule has 0 atom stereocenters. The molecular formula is C15H17N5. The number of benzene rings is 1. The Morgan fingerprint density at radius 3 is 2.60 bits per heavy atom. The molecule has 0 radical (unpaired) electrons. The lowest BCUT2D eigenvalue weighted by Crippen LogP contribution is -2.18. The van der Waals surface area contributed by atoms with E-state index in [2.05, 4.69) is 47.3 Å². The van der Waals surface area contributed by atoms with Crippen molar-refractivity contribution in [2.75, 3.05) is 23.8 Å². The molecule has 0 aliphatic carbocycles. The third kappa shape index (κ3) is 3.04. The number of nitrogens with zero attached hydrogens (tertiary/aromatic N) is 4. The minimum atomic E-state index is 0.292. The summed E-state index contributed by atoms with van der Waals surface area (Å²) in [5, 5.41) is 12.0. The van der Waals surface area contributed by atoms with Crippen LogP contribution in [0.25, 0.3) is 0 Å². The van der Waals surface area contributed by atoms with Crippen LogP contribution < -0.4 is 10.2 Å². The summed E-state index contributed by atoms with van der Waals surface area (Å²) < 4.78 is 0. The molecule has 0 aliphatic rings. The lowest BCUT2D eigenvalue weighted by atomic mass is 10.1. The van der Waals surface area contributed by atoms with Crippen LogP contribution >= 0.6 is 0 Å². The lowest BCUT2D eigenvalue weighted by molar-refractivity contribution is 0.981. The molecule has 0 aliphatic heterocycles. The first kappa shape index (κ1) is 13.8. The van der Waals surface area contributed by atoms with E-state index in [1.54, 1.807) is 4.90 Å². The minimum absolute atomic E-state index is 0.292. The van der Waals surface area contributed by atoms with Crippen molar-refractivity contribution in [1.82, 2.24) is 9.97 Å². The molecule has 2 rings (SSSR count). The Bertz CT molecular complexity index is 625. The highest BCUT2D eigenvalue weighted by Crippen LogP contribution is 2.24. The summed E-state index contributed by atoms with van der Waals surface area (Å²) in [5.74, 6) is 1.44. The minimum Gasteiger partial charge on any atom is -0.346 e. The summed E-state index contributed by atoms with van der Waals surface area (Å²) in [6.45, 7) is 4.40. The van der Waals surface area contributed by atoms with Crippen molar-refractivity contribution in [2.24, 2.45) is 0 Å². The van der Waals surface area contributed by atoms with E-state index < -0.39 is 0 Å². The maximum absolute atomic E-state index is 8.72. The molecule has 5 nitrogen and oxygen atoms in total. The fourth-order valence-electron chi connectivity index (χ4n) is 1.95. The molecule has 0 saturated carbocycles. The zero-order valence-electron chi connectivity index (χ0n) is 11.9. The number of anilines is 3. The van der Waals surface area contributed by atoms with Gasteiger partial charge in [0.15, 0.2) is 0 Å². The van der Waals surface area contributed by atoms with Crippen molar-refractivity contribution >= 4 is 17.3 Å². The SMILES string of the molecule is Cc1cccc(C)c1Nc1cc(N(C)CC#N)ncn1. The van der Waals surface area contributed by atoms with E-state index >= 15 is 0 Å². The summed E-state index contributed by atoms with van der Waals surface area (Å²) in [6, 6.07) is 10.1. The first-order chi connectivity index (χ1) is 9.61. The van der Waals surface area contributed by atoms with Gasteiger partial charge in [-0.15, -0.1) is 0 Å². The highest BCUT2D eigenvalue weighted by molar-refractivity contribution is 5.65. The van der Waals surface area contributed by atoms with Crippen LogP contribution in [0.2, 0.25) is 0 Å². The quantitative estimate of drug-likeness (QED) is 0.863. The molecule has 1 aromatic carbocycles. The first-order valence-corrected chi connectivity index (χ1v) is 6.35. The fraction of sp³-hybridized carbons (Fsp3) is 0.267. The Labute approximate surface area is 118 Å². The number of hydrogen-bond acceptors (Lipinski definition) is 5. The van der Waals surface area contributed by atoms with E-state index in [1.807, 2.05) is 19.2 Å². The predicted octanol–water partition coefficient (Wildman–Crippen LogP) is 2.80. The van der Waals surface area contributed by atoms with Gasteiger partial charge in [0.25, 0.3) is 0 Å². The van der Waals surface area contributed by atoms with Gasteiger partial charge in [-0.3, -0.25) is 0 Å². The molecule has 1 heterocycles. The monoisotopic (exact) mass is 267 g/mol. The summed E-state index contributed by atoms with van der Waals surface area (Å²) in [7, 11) is 1.83. The second kappa shape index (κ2) is 6.02. The molecule has 0 bridgehead atoms. The van der Waals surface area contributed by atoms with E-state index in [9.17, 15) is 0 Å². The number of hydrogen-bond donors (Lipinski definition) is 1. The molecule has 5 heteroatoms. The number of nitriles is 1. The van der Waals surface area contributed by atoms with Gasteiger partial charge in [-0.05, 0) is 25.0 Å². The number of nitrogens with one attached hydrogen (secondary N) is 1. The van der Waals surface area contributed by atoms with Crippen LogP contribution in [0.5, 0.6) is 0 Å². The van der Waals surface area contributed by atoms with Gasteiger partial charge >= 0.3 is 0 Å². The molecule has 20 heavy (non-hydrogen) atoms. The highest BCUT2D eigenvalue weighted by atomic mass is 15.2. The second-order valence-corrected chi connectivity index (χ2v) is 4.67. The van der Waals surface area contributed by atoms with Gasteiger partial charge in [-0.1, -0.05) is 18.2 Å². The predicted molar refractivity (Wildman–Crippen MR) is 80.1 cm³/mol. The van der Waals surface area contributed by atoms with Gasteiger partial charge in [-0.2, -0.15) is 5.26 Å². The smallest absolute Gasteiger partial charge is 0.135 e. The van der Waals surface area contributed by atoms with E-state index in [0.717, 1.165) is 28.5 Å². The molecule has 102 valence electrons. The number of para-hydroxylation sites is 1. The second-order valence-electron chi connectivity index (χ2n) is 4.67. The maximum atomic E-state index is 8.72. The fourth-order valence-corrected chi connectivity index (χ4v) is 1.95. The molecule has 0 saturated heterocycles. The third-order valence-corrected chi connectivity index (χ3v) is 3.09. The van der Waals surface area contributed by atoms with E-state index in [1.165, 1.54) is 6.33 Å². The summed E-state index contributed by atoms with van der Waals surface area (Å²) in [5.41, 5.74) is 3.38. The molecule has 0 spiro atoms. The largest absolute Gasteiger partial charge is 0.346 e. The van der Waals surface area contributed by atoms with Gasteiger partial charge in [0.1, 0.15) is 24.5 Å². The molecular weight excluding hydrogens is 250 g/mol.